The third kappa shape index (κ3) is 4.47. The molecule has 1 aromatic carbocycles. The zero-order valence-electron chi connectivity index (χ0n) is 20.3. The quantitative estimate of drug-likeness (QED) is 0.398. The highest BCUT2D eigenvalue weighted by Crippen LogP contribution is 2.32. The van der Waals surface area contributed by atoms with E-state index in [0.29, 0.717) is 30.0 Å². The molecule has 3 saturated heterocycles. The van der Waals surface area contributed by atoms with E-state index in [0.717, 1.165) is 25.9 Å². The smallest absolute Gasteiger partial charge is 0.322 e. The van der Waals surface area contributed by atoms with Crippen LogP contribution in [-0.2, 0) is 4.79 Å². The van der Waals surface area contributed by atoms with E-state index in [1.807, 2.05) is 19.9 Å². The van der Waals surface area contributed by atoms with Crippen LogP contribution in [-0.4, -0.2) is 74.7 Å². The van der Waals surface area contributed by atoms with E-state index in [9.17, 15) is 14.4 Å². The molecule has 1 spiro atoms. The van der Waals surface area contributed by atoms with E-state index < -0.39 is 11.6 Å². The fourth-order valence-corrected chi connectivity index (χ4v) is 4.98. The normalized spacial score (nSPS) is 25.1. The van der Waals surface area contributed by atoms with Gasteiger partial charge in [0.1, 0.15) is 6.17 Å². The van der Waals surface area contributed by atoms with E-state index in [1.54, 1.807) is 48.3 Å². The summed E-state index contributed by atoms with van der Waals surface area (Å²) in [7, 11) is 3.51. The standard InChI is InChI=1S/C24H35N7O3/c1-23(2)9-11-30(21(23)33)19(26-4)18(13-25-3)28-20(32)16-6-5-7-17(12-16)31-15-24(29-22(31)34)8-10-27-14-24/h5-7,12-13,19,25-27H,8-11,14-15H2,1-4H3,(H,28,32)(H,29,34)/b18-13+. The Morgan fingerprint density at radius 1 is 1.21 bits per heavy atom. The molecule has 0 radical (unpaired) electrons. The number of rotatable bonds is 7. The van der Waals surface area contributed by atoms with Gasteiger partial charge in [0, 0.05) is 43.0 Å². The molecule has 2 atom stereocenters. The Hall–Kier alpha value is -3.11. The third-order valence-corrected chi connectivity index (χ3v) is 7.00. The Morgan fingerprint density at radius 3 is 2.62 bits per heavy atom. The molecule has 0 aliphatic carbocycles. The number of nitrogens with one attached hydrogen (secondary N) is 5. The second-order valence-corrected chi connectivity index (χ2v) is 9.94. The molecule has 4 rings (SSSR count). The van der Waals surface area contributed by atoms with E-state index >= 15 is 0 Å². The molecule has 5 N–H and O–H groups in total. The van der Waals surface area contributed by atoms with Crippen LogP contribution < -0.4 is 31.5 Å². The highest BCUT2D eigenvalue weighted by atomic mass is 16.2. The summed E-state index contributed by atoms with van der Waals surface area (Å²) in [5.41, 5.74) is 0.964. The van der Waals surface area contributed by atoms with Crippen LogP contribution in [0.2, 0.25) is 0 Å². The summed E-state index contributed by atoms with van der Waals surface area (Å²) in [6.45, 7) is 6.65. The molecule has 2 unspecified atom stereocenters. The predicted octanol–water partition coefficient (Wildman–Crippen LogP) is 0.543. The number of amides is 4. The second kappa shape index (κ2) is 9.27. The first-order valence-electron chi connectivity index (χ1n) is 11.8. The number of carbonyl (C=O) groups is 3. The minimum absolute atomic E-state index is 0.0421. The Labute approximate surface area is 200 Å². The van der Waals surface area contributed by atoms with Gasteiger partial charge in [-0.25, -0.2) is 4.79 Å². The lowest BCUT2D eigenvalue weighted by atomic mass is 9.92. The molecule has 34 heavy (non-hydrogen) atoms. The number of nitrogens with zero attached hydrogens (tertiary/aromatic N) is 2. The minimum Gasteiger partial charge on any atom is -0.392 e. The van der Waals surface area contributed by atoms with Crippen LogP contribution in [0.5, 0.6) is 0 Å². The monoisotopic (exact) mass is 469 g/mol. The zero-order valence-corrected chi connectivity index (χ0v) is 20.3. The Balaban J connectivity index is 1.51. The zero-order chi connectivity index (χ0) is 24.5. The van der Waals surface area contributed by atoms with Crippen molar-refractivity contribution in [3.63, 3.8) is 0 Å². The van der Waals surface area contributed by atoms with Crippen LogP contribution in [0.15, 0.2) is 36.2 Å². The van der Waals surface area contributed by atoms with Gasteiger partial charge in [-0.3, -0.25) is 19.8 Å². The largest absolute Gasteiger partial charge is 0.392 e. The van der Waals surface area contributed by atoms with E-state index in [-0.39, 0.29) is 23.4 Å². The van der Waals surface area contributed by atoms with Crippen LogP contribution in [0.1, 0.15) is 37.0 Å². The first-order valence-corrected chi connectivity index (χ1v) is 11.8. The third-order valence-electron chi connectivity index (χ3n) is 7.00. The van der Waals surface area contributed by atoms with Gasteiger partial charge < -0.3 is 26.2 Å². The fourth-order valence-electron chi connectivity index (χ4n) is 4.98. The molecular weight excluding hydrogens is 434 g/mol. The minimum atomic E-state index is -0.479. The van der Waals surface area contributed by atoms with Crippen molar-refractivity contribution >= 4 is 23.5 Å². The average Bonchev–Trinajstić information content (AvgIpc) is 3.48. The number of benzene rings is 1. The Kier molecular flexibility index (Phi) is 6.55. The molecule has 0 saturated carbocycles. The van der Waals surface area contributed by atoms with Crippen LogP contribution >= 0.6 is 0 Å². The molecule has 0 aromatic heterocycles. The van der Waals surface area contributed by atoms with E-state index in [2.05, 4.69) is 26.6 Å². The van der Waals surface area contributed by atoms with Crippen LogP contribution in [0.25, 0.3) is 0 Å². The second-order valence-electron chi connectivity index (χ2n) is 9.94. The molecule has 10 nitrogen and oxygen atoms in total. The maximum Gasteiger partial charge on any atom is 0.322 e. The lowest BCUT2D eigenvalue weighted by Crippen LogP contribution is -2.51. The van der Waals surface area contributed by atoms with Gasteiger partial charge in [0.15, 0.2) is 0 Å². The van der Waals surface area contributed by atoms with Crippen molar-refractivity contribution in [2.45, 2.75) is 38.4 Å². The number of likely N-dealkylation sites (N-methyl/N-ethyl adjacent to an activating group) is 1. The van der Waals surface area contributed by atoms with Gasteiger partial charge in [-0.15, -0.1) is 0 Å². The van der Waals surface area contributed by atoms with Crippen molar-refractivity contribution in [2.75, 3.05) is 45.2 Å². The van der Waals surface area contributed by atoms with Crippen molar-refractivity contribution in [3.05, 3.63) is 41.7 Å². The summed E-state index contributed by atoms with van der Waals surface area (Å²) in [6, 6.07) is 6.91. The van der Waals surface area contributed by atoms with Gasteiger partial charge in [0.05, 0.1) is 17.8 Å². The van der Waals surface area contributed by atoms with E-state index in [4.69, 9.17) is 0 Å². The fraction of sp³-hybridized carbons (Fsp3) is 0.542. The predicted molar refractivity (Wildman–Crippen MR) is 130 cm³/mol. The molecule has 10 heteroatoms. The summed E-state index contributed by atoms with van der Waals surface area (Å²) in [5, 5.41) is 15.5. The maximum absolute atomic E-state index is 13.2. The van der Waals surface area contributed by atoms with Gasteiger partial charge in [-0.05, 0) is 44.6 Å². The summed E-state index contributed by atoms with van der Waals surface area (Å²) < 4.78 is 0. The first kappa shape index (κ1) is 24.0. The number of carbonyl (C=O) groups excluding carboxylic acids is 3. The van der Waals surface area contributed by atoms with Crippen molar-refractivity contribution < 1.29 is 14.4 Å². The summed E-state index contributed by atoms with van der Waals surface area (Å²) >= 11 is 0. The van der Waals surface area contributed by atoms with Gasteiger partial charge >= 0.3 is 6.03 Å². The lowest BCUT2D eigenvalue weighted by molar-refractivity contribution is -0.136. The highest BCUT2D eigenvalue weighted by Gasteiger charge is 2.45. The number of likely N-dealkylation sites (tertiary alicyclic amines) is 1. The van der Waals surface area contributed by atoms with Gasteiger partial charge in [-0.1, -0.05) is 19.9 Å². The van der Waals surface area contributed by atoms with Gasteiger partial charge in [0.2, 0.25) is 5.91 Å². The van der Waals surface area contributed by atoms with Crippen molar-refractivity contribution in [2.24, 2.45) is 5.41 Å². The SMILES string of the molecule is CN/C=C(/NC(=O)c1cccc(N2CC3(CCNC3)NC2=O)c1)C(NC)N1CCC(C)(C)C1=O. The van der Waals surface area contributed by atoms with E-state index in [1.165, 1.54) is 0 Å². The summed E-state index contributed by atoms with van der Waals surface area (Å²) in [5.74, 6) is -0.271. The molecule has 3 fully saturated rings. The molecule has 3 heterocycles. The highest BCUT2D eigenvalue weighted by molar-refractivity contribution is 5.99. The van der Waals surface area contributed by atoms with Crippen LogP contribution in [0.3, 0.4) is 0 Å². The van der Waals surface area contributed by atoms with Gasteiger partial charge in [-0.2, -0.15) is 0 Å². The molecule has 184 valence electrons. The molecule has 3 aliphatic heterocycles. The number of hydrogen-bond donors (Lipinski definition) is 5. The van der Waals surface area contributed by atoms with Crippen molar-refractivity contribution in [3.8, 4) is 0 Å². The van der Waals surface area contributed by atoms with Crippen LogP contribution in [0.4, 0.5) is 10.5 Å². The molecule has 4 amide bonds. The summed E-state index contributed by atoms with van der Waals surface area (Å²) in [4.78, 5) is 42.2. The summed E-state index contributed by atoms with van der Waals surface area (Å²) in [6.07, 6.45) is 2.84. The number of anilines is 1. The van der Waals surface area contributed by atoms with Crippen molar-refractivity contribution in [1.29, 1.82) is 0 Å². The molecular formula is C24H35N7O3. The lowest BCUT2D eigenvalue weighted by Gasteiger charge is -2.31. The number of urea groups is 1. The number of hydrogen-bond acceptors (Lipinski definition) is 6. The van der Waals surface area contributed by atoms with Crippen LogP contribution in [0, 0.1) is 5.41 Å². The molecule has 1 aromatic rings. The average molecular weight is 470 g/mol. The topological polar surface area (TPSA) is 118 Å². The molecule has 3 aliphatic rings. The van der Waals surface area contributed by atoms with Gasteiger partial charge in [0.25, 0.3) is 5.91 Å². The van der Waals surface area contributed by atoms with Crippen molar-refractivity contribution in [1.82, 2.24) is 31.5 Å². The Morgan fingerprint density at radius 2 is 2.00 bits per heavy atom. The maximum atomic E-state index is 13.2. The first-order chi connectivity index (χ1) is 16.2. The molecule has 0 bridgehead atoms. The Bertz CT molecular complexity index is 1000.